The standard InChI is InChI=1S/C20H21N3O/c1-16-7-9-17(10-8-16)19(15-21)22-11-13-23(14-12-22)20(24)18-5-3-2-4-6-18/h2-10,19H,11-14H2,1H3. The van der Waals surface area contributed by atoms with E-state index in [4.69, 9.17) is 0 Å². The second-order valence-electron chi connectivity index (χ2n) is 6.14. The molecule has 1 saturated heterocycles. The summed E-state index contributed by atoms with van der Waals surface area (Å²) in [5.74, 6) is 0.0686. The van der Waals surface area contributed by atoms with Crippen LogP contribution in [0.5, 0.6) is 0 Å². The van der Waals surface area contributed by atoms with Gasteiger partial charge in [0, 0.05) is 31.7 Å². The molecular formula is C20H21N3O. The number of amides is 1. The molecule has 0 saturated carbocycles. The summed E-state index contributed by atoms with van der Waals surface area (Å²) in [6.45, 7) is 4.77. The first kappa shape index (κ1) is 16.2. The van der Waals surface area contributed by atoms with Crippen LogP contribution in [-0.4, -0.2) is 41.9 Å². The van der Waals surface area contributed by atoms with Gasteiger partial charge in [0.15, 0.2) is 0 Å². The fraction of sp³-hybridized carbons (Fsp3) is 0.300. The maximum absolute atomic E-state index is 12.5. The Labute approximate surface area is 142 Å². The van der Waals surface area contributed by atoms with E-state index in [1.54, 1.807) is 0 Å². The largest absolute Gasteiger partial charge is 0.336 e. The summed E-state index contributed by atoms with van der Waals surface area (Å²) in [7, 11) is 0. The third kappa shape index (κ3) is 3.47. The van der Waals surface area contributed by atoms with Crippen LogP contribution < -0.4 is 0 Å². The molecule has 0 bridgehead atoms. The number of benzene rings is 2. The molecule has 2 aromatic carbocycles. The average molecular weight is 319 g/mol. The third-order valence-corrected chi connectivity index (χ3v) is 4.50. The number of nitriles is 1. The molecule has 24 heavy (non-hydrogen) atoms. The van der Waals surface area contributed by atoms with Gasteiger partial charge in [0.05, 0.1) is 6.07 Å². The number of hydrogen-bond acceptors (Lipinski definition) is 3. The van der Waals surface area contributed by atoms with Gasteiger partial charge in [-0.25, -0.2) is 0 Å². The van der Waals surface area contributed by atoms with Crippen LogP contribution in [0.15, 0.2) is 54.6 Å². The summed E-state index contributed by atoms with van der Waals surface area (Å²) in [5.41, 5.74) is 2.93. The first-order chi connectivity index (χ1) is 11.7. The highest BCUT2D eigenvalue weighted by Gasteiger charge is 2.27. The van der Waals surface area contributed by atoms with Crippen molar-refractivity contribution in [2.45, 2.75) is 13.0 Å². The number of rotatable bonds is 3. The van der Waals surface area contributed by atoms with Crippen LogP contribution in [-0.2, 0) is 0 Å². The highest BCUT2D eigenvalue weighted by molar-refractivity contribution is 5.94. The molecule has 1 aliphatic rings. The van der Waals surface area contributed by atoms with E-state index in [1.165, 1.54) is 5.56 Å². The molecule has 122 valence electrons. The van der Waals surface area contributed by atoms with Crippen molar-refractivity contribution in [1.82, 2.24) is 9.80 Å². The number of aryl methyl sites for hydroxylation is 1. The van der Waals surface area contributed by atoms with Crippen molar-refractivity contribution in [1.29, 1.82) is 5.26 Å². The molecular weight excluding hydrogens is 298 g/mol. The van der Waals surface area contributed by atoms with E-state index in [-0.39, 0.29) is 11.9 Å². The third-order valence-electron chi connectivity index (χ3n) is 4.50. The van der Waals surface area contributed by atoms with Gasteiger partial charge in [-0.05, 0) is 24.6 Å². The molecule has 2 aromatic rings. The average Bonchev–Trinajstić information content (AvgIpc) is 2.64. The SMILES string of the molecule is Cc1ccc(C(C#N)N2CCN(C(=O)c3ccccc3)CC2)cc1. The Morgan fingerprint density at radius 3 is 2.21 bits per heavy atom. The summed E-state index contributed by atoms with van der Waals surface area (Å²) in [6, 6.07) is 19.6. The van der Waals surface area contributed by atoms with Gasteiger partial charge in [0.1, 0.15) is 6.04 Å². The fourth-order valence-corrected chi connectivity index (χ4v) is 3.06. The molecule has 0 aliphatic carbocycles. The Morgan fingerprint density at radius 1 is 1.00 bits per heavy atom. The molecule has 0 aromatic heterocycles. The lowest BCUT2D eigenvalue weighted by Crippen LogP contribution is -2.49. The second-order valence-corrected chi connectivity index (χ2v) is 6.14. The highest BCUT2D eigenvalue weighted by atomic mass is 16.2. The molecule has 1 aliphatic heterocycles. The molecule has 3 rings (SSSR count). The summed E-state index contributed by atoms with van der Waals surface area (Å²) < 4.78 is 0. The van der Waals surface area contributed by atoms with Gasteiger partial charge in [-0.3, -0.25) is 9.69 Å². The van der Waals surface area contributed by atoms with E-state index in [1.807, 2.05) is 66.4 Å². The van der Waals surface area contributed by atoms with Crippen molar-refractivity contribution >= 4 is 5.91 Å². The normalized spacial score (nSPS) is 16.4. The zero-order valence-electron chi connectivity index (χ0n) is 13.9. The lowest BCUT2D eigenvalue weighted by Gasteiger charge is -2.37. The van der Waals surface area contributed by atoms with E-state index in [2.05, 4.69) is 11.0 Å². The van der Waals surface area contributed by atoms with Gasteiger partial charge in [-0.1, -0.05) is 48.0 Å². The Morgan fingerprint density at radius 2 is 1.62 bits per heavy atom. The van der Waals surface area contributed by atoms with Crippen LogP contribution in [0.3, 0.4) is 0 Å². The van der Waals surface area contributed by atoms with E-state index in [0.717, 1.165) is 11.1 Å². The summed E-state index contributed by atoms with van der Waals surface area (Å²) in [5, 5.41) is 9.58. The zero-order chi connectivity index (χ0) is 16.9. The molecule has 0 radical (unpaired) electrons. The summed E-state index contributed by atoms with van der Waals surface area (Å²) in [6.07, 6.45) is 0. The van der Waals surface area contributed by atoms with Crippen LogP contribution in [0, 0.1) is 18.3 Å². The number of piperazine rings is 1. The first-order valence-corrected chi connectivity index (χ1v) is 8.23. The van der Waals surface area contributed by atoms with Gasteiger partial charge >= 0.3 is 0 Å². The Bertz CT molecular complexity index is 726. The predicted molar refractivity (Wildman–Crippen MR) is 93.5 cm³/mol. The summed E-state index contributed by atoms with van der Waals surface area (Å²) >= 11 is 0. The zero-order valence-corrected chi connectivity index (χ0v) is 13.9. The van der Waals surface area contributed by atoms with Gasteiger partial charge < -0.3 is 4.90 Å². The van der Waals surface area contributed by atoms with Crippen LogP contribution in [0.1, 0.15) is 27.5 Å². The van der Waals surface area contributed by atoms with E-state index in [9.17, 15) is 10.1 Å². The van der Waals surface area contributed by atoms with Crippen LogP contribution in [0.2, 0.25) is 0 Å². The monoisotopic (exact) mass is 319 g/mol. The Kier molecular flexibility index (Phi) is 4.93. The van der Waals surface area contributed by atoms with Crippen molar-refractivity contribution in [2.24, 2.45) is 0 Å². The van der Waals surface area contributed by atoms with E-state index >= 15 is 0 Å². The molecule has 0 spiro atoms. The van der Waals surface area contributed by atoms with Crippen LogP contribution in [0.25, 0.3) is 0 Å². The molecule has 1 amide bonds. The minimum Gasteiger partial charge on any atom is -0.336 e. The summed E-state index contributed by atoms with van der Waals surface area (Å²) in [4.78, 5) is 16.5. The lowest BCUT2D eigenvalue weighted by atomic mass is 10.0. The quantitative estimate of drug-likeness (QED) is 0.874. The van der Waals surface area contributed by atoms with Crippen LogP contribution in [0.4, 0.5) is 0 Å². The number of nitrogens with zero attached hydrogens (tertiary/aromatic N) is 3. The van der Waals surface area contributed by atoms with E-state index in [0.29, 0.717) is 26.2 Å². The maximum atomic E-state index is 12.5. The molecule has 0 N–H and O–H groups in total. The number of carbonyl (C=O) groups is 1. The molecule has 1 fully saturated rings. The molecule has 1 unspecified atom stereocenters. The van der Waals surface area contributed by atoms with Gasteiger partial charge in [0.25, 0.3) is 5.91 Å². The van der Waals surface area contributed by atoms with Crippen molar-refractivity contribution in [2.75, 3.05) is 26.2 Å². The smallest absolute Gasteiger partial charge is 0.253 e. The number of carbonyl (C=O) groups excluding carboxylic acids is 1. The fourth-order valence-electron chi connectivity index (χ4n) is 3.06. The molecule has 4 heteroatoms. The Balaban J connectivity index is 1.65. The second kappa shape index (κ2) is 7.29. The van der Waals surface area contributed by atoms with Crippen molar-refractivity contribution in [3.05, 3.63) is 71.3 Å². The van der Waals surface area contributed by atoms with Gasteiger partial charge in [0.2, 0.25) is 0 Å². The molecule has 1 atom stereocenters. The molecule has 1 heterocycles. The maximum Gasteiger partial charge on any atom is 0.253 e. The van der Waals surface area contributed by atoms with Crippen LogP contribution >= 0.6 is 0 Å². The lowest BCUT2D eigenvalue weighted by molar-refractivity contribution is 0.0606. The number of hydrogen-bond donors (Lipinski definition) is 0. The minimum absolute atomic E-state index is 0.0686. The molecule has 4 nitrogen and oxygen atoms in total. The minimum atomic E-state index is -0.250. The van der Waals surface area contributed by atoms with Crippen molar-refractivity contribution < 1.29 is 4.79 Å². The van der Waals surface area contributed by atoms with Crippen molar-refractivity contribution in [3.8, 4) is 6.07 Å². The van der Waals surface area contributed by atoms with E-state index < -0.39 is 0 Å². The Hall–Kier alpha value is -2.64. The van der Waals surface area contributed by atoms with Gasteiger partial charge in [-0.2, -0.15) is 5.26 Å². The topological polar surface area (TPSA) is 47.3 Å². The highest BCUT2D eigenvalue weighted by Crippen LogP contribution is 2.22. The van der Waals surface area contributed by atoms with Gasteiger partial charge in [-0.15, -0.1) is 0 Å². The predicted octanol–water partition coefficient (Wildman–Crippen LogP) is 3.02. The first-order valence-electron chi connectivity index (χ1n) is 8.23. The van der Waals surface area contributed by atoms with Crippen molar-refractivity contribution in [3.63, 3.8) is 0 Å².